The van der Waals surface area contributed by atoms with Gasteiger partial charge in [-0.2, -0.15) is 0 Å². The summed E-state index contributed by atoms with van der Waals surface area (Å²) in [5, 5.41) is 8.94. The van der Waals surface area contributed by atoms with Crippen molar-refractivity contribution in [2.24, 2.45) is 11.3 Å². The molecule has 1 saturated heterocycles. The Labute approximate surface area is 228 Å². The lowest BCUT2D eigenvalue weighted by Gasteiger charge is -2.36. The third-order valence-corrected chi connectivity index (χ3v) is 7.41. The number of nitrogens with zero attached hydrogens (tertiary/aromatic N) is 2. The number of carbonyl (C=O) groups excluding carboxylic acids is 4. The molecule has 1 fully saturated rings. The van der Waals surface area contributed by atoms with Crippen LogP contribution in [0.2, 0.25) is 0 Å². The number of likely N-dealkylation sites (N-methyl/N-ethyl adjacent to an activating group) is 2. The van der Waals surface area contributed by atoms with E-state index in [0.29, 0.717) is 12.8 Å². The highest BCUT2D eigenvalue weighted by molar-refractivity contribution is 5.94. The van der Waals surface area contributed by atoms with Crippen molar-refractivity contribution >= 4 is 23.6 Å². The summed E-state index contributed by atoms with van der Waals surface area (Å²) in [6.07, 6.45) is 1.02. The Balaban J connectivity index is 2.40. The van der Waals surface area contributed by atoms with Crippen LogP contribution in [0.25, 0.3) is 0 Å². The average molecular weight is 530 g/mol. The first-order valence-corrected chi connectivity index (χ1v) is 13.6. The van der Waals surface area contributed by atoms with Gasteiger partial charge < -0.3 is 25.8 Å². The largest absolute Gasteiger partial charge is 0.348 e. The fourth-order valence-electron chi connectivity index (χ4n) is 4.76. The monoisotopic (exact) mass is 529 g/mol. The zero-order chi connectivity index (χ0) is 28.8. The molecule has 1 aromatic rings. The highest BCUT2D eigenvalue weighted by atomic mass is 16.2. The summed E-state index contributed by atoms with van der Waals surface area (Å²) < 4.78 is 0. The molecule has 0 spiro atoms. The zero-order valence-electron chi connectivity index (χ0n) is 24.5. The molecule has 9 nitrogen and oxygen atoms in total. The molecule has 5 atom stereocenters. The minimum absolute atomic E-state index is 0.0392. The highest BCUT2D eigenvalue weighted by Gasteiger charge is 2.46. The molecule has 1 heterocycles. The van der Waals surface area contributed by atoms with Crippen LogP contribution in [-0.2, 0) is 19.2 Å². The second-order valence-electron chi connectivity index (χ2n) is 11.7. The molecule has 1 aliphatic rings. The second kappa shape index (κ2) is 13.2. The van der Waals surface area contributed by atoms with Crippen LogP contribution < -0.4 is 16.0 Å². The summed E-state index contributed by atoms with van der Waals surface area (Å²) in [5.41, 5.74) is 0.387. The van der Waals surface area contributed by atoms with Gasteiger partial charge in [-0.15, -0.1) is 0 Å². The zero-order valence-corrected chi connectivity index (χ0v) is 24.5. The molecular formula is C29H47N5O4. The summed E-state index contributed by atoms with van der Waals surface area (Å²) in [6, 6.07) is 7.12. The van der Waals surface area contributed by atoms with Gasteiger partial charge >= 0.3 is 0 Å². The van der Waals surface area contributed by atoms with Crippen molar-refractivity contribution in [2.75, 3.05) is 20.6 Å². The first kappa shape index (κ1) is 31.3. The van der Waals surface area contributed by atoms with Crippen molar-refractivity contribution in [1.82, 2.24) is 25.8 Å². The Morgan fingerprint density at radius 3 is 2.16 bits per heavy atom. The van der Waals surface area contributed by atoms with E-state index in [4.69, 9.17) is 0 Å². The van der Waals surface area contributed by atoms with Crippen molar-refractivity contribution in [3.8, 4) is 0 Å². The molecule has 212 valence electrons. The maximum Gasteiger partial charge on any atom is 0.246 e. The molecule has 2 rings (SSSR count). The minimum Gasteiger partial charge on any atom is -0.348 e. The quantitative estimate of drug-likeness (QED) is 0.431. The molecule has 0 saturated carbocycles. The van der Waals surface area contributed by atoms with Crippen LogP contribution in [0, 0.1) is 11.3 Å². The molecule has 0 bridgehead atoms. The van der Waals surface area contributed by atoms with Gasteiger partial charge in [-0.05, 0) is 37.8 Å². The van der Waals surface area contributed by atoms with E-state index in [1.165, 1.54) is 0 Å². The van der Waals surface area contributed by atoms with Gasteiger partial charge in [0.2, 0.25) is 23.6 Å². The predicted octanol–water partition coefficient (Wildman–Crippen LogP) is 2.48. The molecule has 0 aliphatic carbocycles. The van der Waals surface area contributed by atoms with Gasteiger partial charge in [0.05, 0.1) is 18.1 Å². The third kappa shape index (κ3) is 7.56. The fraction of sp³-hybridized carbons (Fsp3) is 0.655. The van der Waals surface area contributed by atoms with Crippen molar-refractivity contribution in [2.45, 2.75) is 91.5 Å². The lowest BCUT2D eigenvalue weighted by molar-refractivity contribution is -0.144. The predicted molar refractivity (Wildman–Crippen MR) is 149 cm³/mol. The average Bonchev–Trinajstić information content (AvgIpc) is 3.33. The SMILES string of the molecule is CC[C@@H](NC(=O)[C@@H]1C[C@H](N(C)C(=O)C(C)C)CN1C(=O)[C@@H](NC(=O)[C@H](C)NC)C(C)(C)C)c1ccccc1. The Hall–Kier alpha value is -2.94. The Morgan fingerprint density at radius 2 is 1.66 bits per heavy atom. The third-order valence-electron chi connectivity index (χ3n) is 7.41. The summed E-state index contributed by atoms with van der Waals surface area (Å²) in [6.45, 7) is 13.3. The summed E-state index contributed by atoms with van der Waals surface area (Å²) in [4.78, 5) is 56.6. The lowest BCUT2D eigenvalue weighted by Crippen LogP contribution is -2.59. The number of nitrogens with one attached hydrogen (secondary N) is 3. The summed E-state index contributed by atoms with van der Waals surface area (Å²) >= 11 is 0. The maximum atomic E-state index is 14.1. The van der Waals surface area contributed by atoms with Gasteiger partial charge in [0.25, 0.3) is 0 Å². The number of amides is 4. The van der Waals surface area contributed by atoms with Crippen LogP contribution in [0.1, 0.15) is 72.9 Å². The van der Waals surface area contributed by atoms with Crippen molar-refractivity contribution < 1.29 is 19.2 Å². The number of likely N-dealkylation sites (tertiary alicyclic amines) is 1. The number of benzene rings is 1. The van der Waals surface area contributed by atoms with Crippen LogP contribution in [-0.4, -0.2) is 78.2 Å². The van der Waals surface area contributed by atoms with Crippen LogP contribution in [0.5, 0.6) is 0 Å². The number of hydrogen-bond donors (Lipinski definition) is 3. The number of hydrogen-bond acceptors (Lipinski definition) is 5. The van der Waals surface area contributed by atoms with Gasteiger partial charge in [-0.3, -0.25) is 19.2 Å². The van der Waals surface area contributed by atoms with Gasteiger partial charge in [-0.25, -0.2) is 0 Å². The van der Waals surface area contributed by atoms with E-state index in [-0.39, 0.29) is 48.2 Å². The summed E-state index contributed by atoms with van der Waals surface area (Å²) in [7, 11) is 3.41. The molecule has 9 heteroatoms. The minimum atomic E-state index is -0.845. The van der Waals surface area contributed by atoms with Gasteiger partial charge in [-0.1, -0.05) is 71.9 Å². The maximum absolute atomic E-state index is 14.1. The van der Waals surface area contributed by atoms with E-state index in [9.17, 15) is 19.2 Å². The van der Waals surface area contributed by atoms with Crippen molar-refractivity contribution in [1.29, 1.82) is 0 Å². The van der Waals surface area contributed by atoms with Crippen LogP contribution >= 0.6 is 0 Å². The molecule has 0 radical (unpaired) electrons. The van der Waals surface area contributed by atoms with E-state index in [2.05, 4.69) is 16.0 Å². The van der Waals surface area contributed by atoms with Crippen LogP contribution in [0.4, 0.5) is 0 Å². The molecule has 3 N–H and O–H groups in total. The number of rotatable bonds is 10. The second-order valence-corrected chi connectivity index (χ2v) is 11.7. The molecule has 1 aliphatic heterocycles. The Bertz CT molecular complexity index is 975. The van der Waals surface area contributed by atoms with E-state index < -0.39 is 23.5 Å². The number of carbonyl (C=O) groups is 4. The van der Waals surface area contributed by atoms with Crippen molar-refractivity contribution in [3.63, 3.8) is 0 Å². The van der Waals surface area contributed by atoms with Gasteiger partial charge in [0, 0.05) is 19.5 Å². The lowest BCUT2D eigenvalue weighted by atomic mass is 9.85. The Morgan fingerprint density at radius 1 is 1.05 bits per heavy atom. The van der Waals surface area contributed by atoms with E-state index in [1.807, 2.05) is 71.9 Å². The molecule has 38 heavy (non-hydrogen) atoms. The first-order valence-electron chi connectivity index (χ1n) is 13.6. The van der Waals surface area contributed by atoms with E-state index >= 15 is 0 Å². The molecule has 1 aromatic carbocycles. The molecule has 0 aromatic heterocycles. The fourth-order valence-corrected chi connectivity index (χ4v) is 4.76. The molecule has 0 unspecified atom stereocenters. The molecule has 4 amide bonds. The summed E-state index contributed by atoms with van der Waals surface area (Å²) in [5.74, 6) is -1.12. The van der Waals surface area contributed by atoms with Crippen LogP contribution in [0.3, 0.4) is 0 Å². The highest BCUT2D eigenvalue weighted by Crippen LogP contribution is 2.29. The van der Waals surface area contributed by atoms with Crippen molar-refractivity contribution in [3.05, 3.63) is 35.9 Å². The smallest absolute Gasteiger partial charge is 0.246 e. The normalized spacial score (nSPS) is 20.0. The topological polar surface area (TPSA) is 111 Å². The van der Waals surface area contributed by atoms with E-state index in [1.54, 1.807) is 30.8 Å². The van der Waals surface area contributed by atoms with Crippen LogP contribution in [0.15, 0.2) is 30.3 Å². The van der Waals surface area contributed by atoms with Gasteiger partial charge in [0.1, 0.15) is 12.1 Å². The Kier molecular flexibility index (Phi) is 10.9. The standard InChI is InChI=1S/C29H47N5O4/c1-10-22(20-14-12-11-13-15-20)31-26(36)23-16-21(33(9)27(37)18(2)3)17-34(23)28(38)24(29(5,6)7)32-25(35)19(4)30-8/h11-15,18-19,21-24,30H,10,16-17H2,1-9H3,(H,31,36)(H,32,35)/t19-,21-,22+,23-,24+/m0/s1. The first-order chi connectivity index (χ1) is 17.7. The van der Waals surface area contributed by atoms with E-state index in [0.717, 1.165) is 5.56 Å². The molecular weight excluding hydrogens is 482 g/mol. The van der Waals surface area contributed by atoms with Gasteiger partial charge in [0.15, 0.2) is 0 Å².